The van der Waals surface area contributed by atoms with Crippen LogP contribution in [0.4, 0.5) is 0 Å². The number of aliphatic imine (C=N–C) groups is 1. The second-order valence-electron chi connectivity index (χ2n) is 6.58. The van der Waals surface area contributed by atoms with Gasteiger partial charge in [-0.3, -0.25) is 4.99 Å². The molecule has 5 heteroatoms. The fourth-order valence-electron chi connectivity index (χ4n) is 3.21. The quantitative estimate of drug-likeness (QED) is 0.549. The van der Waals surface area contributed by atoms with Crippen molar-refractivity contribution in [2.75, 3.05) is 13.6 Å². The molecule has 0 unspecified atom stereocenters. The molecule has 0 fully saturated rings. The summed E-state index contributed by atoms with van der Waals surface area (Å²) >= 11 is 0. The van der Waals surface area contributed by atoms with Crippen molar-refractivity contribution in [3.8, 4) is 0 Å². The molecule has 0 bridgehead atoms. The lowest BCUT2D eigenvalue weighted by molar-refractivity contribution is 0.660. The molecule has 3 rings (SSSR count). The summed E-state index contributed by atoms with van der Waals surface area (Å²) in [5.41, 5.74) is 6.09. The predicted octanol–water partition coefficient (Wildman–Crippen LogP) is 3.33. The molecule has 26 heavy (non-hydrogen) atoms. The molecule has 0 aliphatic heterocycles. The summed E-state index contributed by atoms with van der Waals surface area (Å²) in [6.07, 6.45) is 0. The van der Waals surface area contributed by atoms with Crippen LogP contribution >= 0.6 is 0 Å². The third kappa shape index (κ3) is 4.04. The summed E-state index contributed by atoms with van der Waals surface area (Å²) in [7, 11) is 1.80. The molecule has 136 valence electrons. The fraction of sp³-hybridized carbons (Fsp3) is 0.333. The first-order valence-electron chi connectivity index (χ1n) is 9.01. The van der Waals surface area contributed by atoms with E-state index in [0.717, 1.165) is 36.9 Å². The first-order valence-corrected chi connectivity index (χ1v) is 9.01. The Morgan fingerprint density at radius 3 is 2.65 bits per heavy atom. The predicted molar refractivity (Wildman–Crippen MR) is 109 cm³/mol. The number of fused-ring (bicyclic) bond motifs is 1. The van der Waals surface area contributed by atoms with Gasteiger partial charge in [0.05, 0.1) is 11.0 Å². The Bertz CT molecular complexity index is 923. The molecule has 0 saturated carbocycles. The van der Waals surface area contributed by atoms with Crippen molar-refractivity contribution >= 4 is 17.0 Å². The van der Waals surface area contributed by atoms with Crippen LogP contribution in [-0.4, -0.2) is 29.1 Å². The Balaban J connectivity index is 1.56. The first-order chi connectivity index (χ1) is 12.6. The van der Waals surface area contributed by atoms with Gasteiger partial charge in [-0.2, -0.15) is 0 Å². The maximum atomic E-state index is 4.61. The van der Waals surface area contributed by atoms with Gasteiger partial charge in [0.15, 0.2) is 5.96 Å². The Morgan fingerprint density at radius 1 is 1.08 bits per heavy atom. The molecule has 0 aliphatic rings. The van der Waals surface area contributed by atoms with Gasteiger partial charge in [0.25, 0.3) is 0 Å². The maximum absolute atomic E-state index is 4.61. The van der Waals surface area contributed by atoms with Gasteiger partial charge in [0.2, 0.25) is 0 Å². The molecule has 0 saturated heterocycles. The number of para-hydroxylation sites is 2. The minimum absolute atomic E-state index is 0.763. The molecular weight excluding hydrogens is 322 g/mol. The molecule has 3 aromatic rings. The van der Waals surface area contributed by atoms with Crippen LogP contribution in [0.15, 0.2) is 47.5 Å². The zero-order valence-electron chi connectivity index (χ0n) is 16.0. The lowest BCUT2D eigenvalue weighted by Gasteiger charge is -2.14. The summed E-state index contributed by atoms with van der Waals surface area (Å²) in [6, 6.07) is 14.8. The lowest BCUT2D eigenvalue weighted by Crippen LogP contribution is -2.38. The van der Waals surface area contributed by atoms with Crippen molar-refractivity contribution in [3.63, 3.8) is 0 Å². The molecule has 5 nitrogen and oxygen atoms in total. The van der Waals surface area contributed by atoms with E-state index in [1.165, 1.54) is 22.2 Å². The Kier molecular flexibility index (Phi) is 5.56. The monoisotopic (exact) mass is 349 g/mol. The highest BCUT2D eigenvalue weighted by Gasteiger charge is 2.07. The first kappa shape index (κ1) is 18.0. The Labute approximate surface area is 155 Å². The number of imidazole rings is 1. The van der Waals surface area contributed by atoms with E-state index in [4.69, 9.17) is 0 Å². The minimum atomic E-state index is 0.763. The number of rotatable bonds is 5. The van der Waals surface area contributed by atoms with Crippen LogP contribution in [0.2, 0.25) is 0 Å². The third-order valence-electron chi connectivity index (χ3n) is 4.64. The van der Waals surface area contributed by atoms with Gasteiger partial charge < -0.3 is 15.2 Å². The zero-order valence-corrected chi connectivity index (χ0v) is 16.0. The maximum Gasteiger partial charge on any atom is 0.191 e. The van der Waals surface area contributed by atoms with Crippen LogP contribution in [0.1, 0.15) is 22.5 Å². The smallest absolute Gasteiger partial charge is 0.191 e. The number of nitrogens with zero attached hydrogens (tertiary/aromatic N) is 3. The standard InChI is InChI=1S/C21H27N5/c1-15-9-10-18(16(2)13-15)14-24-21(22-4)23-11-12-26-17(3)25-19-7-5-6-8-20(19)26/h5-10,13H,11-12,14H2,1-4H3,(H2,22,23,24). The van der Waals surface area contributed by atoms with Crippen molar-refractivity contribution < 1.29 is 0 Å². The minimum Gasteiger partial charge on any atom is -0.355 e. The van der Waals surface area contributed by atoms with Crippen LogP contribution < -0.4 is 10.6 Å². The van der Waals surface area contributed by atoms with E-state index in [1.54, 1.807) is 7.05 Å². The average molecular weight is 349 g/mol. The highest BCUT2D eigenvalue weighted by Crippen LogP contribution is 2.14. The van der Waals surface area contributed by atoms with E-state index in [0.29, 0.717) is 0 Å². The van der Waals surface area contributed by atoms with E-state index in [1.807, 2.05) is 13.0 Å². The van der Waals surface area contributed by atoms with Crippen molar-refractivity contribution in [1.82, 2.24) is 20.2 Å². The molecule has 0 aliphatic carbocycles. The van der Waals surface area contributed by atoms with E-state index >= 15 is 0 Å². The van der Waals surface area contributed by atoms with Crippen LogP contribution in [0.3, 0.4) is 0 Å². The number of guanidine groups is 1. The van der Waals surface area contributed by atoms with Gasteiger partial charge >= 0.3 is 0 Å². The molecular formula is C21H27N5. The topological polar surface area (TPSA) is 54.2 Å². The van der Waals surface area contributed by atoms with Crippen LogP contribution in [0.25, 0.3) is 11.0 Å². The van der Waals surface area contributed by atoms with Gasteiger partial charge in [-0.25, -0.2) is 4.98 Å². The van der Waals surface area contributed by atoms with E-state index < -0.39 is 0 Å². The molecule has 1 aromatic heterocycles. The van der Waals surface area contributed by atoms with Gasteiger partial charge in [-0.1, -0.05) is 35.9 Å². The van der Waals surface area contributed by atoms with E-state index in [9.17, 15) is 0 Å². The molecule has 0 amide bonds. The molecule has 0 spiro atoms. The number of aromatic nitrogens is 2. The molecule has 2 N–H and O–H groups in total. The second-order valence-corrected chi connectivity index (χ2v) is 6.58. The normalized spacial score (nSPS) is 11.8. The number of hydrogen-bond donors (Lipinski definition) is 2. The van der Waals surface area contributed by atoms with Gasteiger partial charge in [-0.05, 0) is 44.0 Å². The number of aryl methyl sites for hydroxylation is 3. The highest BCUT2D eigenvalue weighted by atomic mass is 15.2. The average Bonchev–Trinajstić information content (AvgIpc) is 2.94. The van der Waals surface area contributed by atoms with E-state index in [2.05, 4.69) is 75.4 Å². The lowest BCUT2D eigenvalue weighted by atomic mass is 10.1. The van der Waals surface area contributed by atoms with Gasteiger partial charge in [0.1, 0.15) is 5.82 Å². The number of hydrogen-bond acceptors (Lipinski definition) is 2. The van der Waals surface area contributed by atoms with Gasteiger partial charge in [0, 0.05) is 26.7 Å². The molecule has 0 atom stereocenters. The fourth-order valence-corrected chi connectivity index (χ4v) is 3.21. The summed E-state index contributed by atoms with van der Waals surface area (Å²) < 4.78 is 2.24. The van der Waals surface area contributed by atoms with Crippen molar-refractivity contribution in [2.45, 2.75) is 33.9 Å². The summed E-state index contributed by atoms with van der Waals surface area (Å²) in [4.78, 5) is 8.94. The largest absolute Gasteiger partial charge is 0.355 e. The van der Waals surface area contributed by atoms with Crippen molar-refractivity contribution in [3.05, 3.63) is 65.0 Å². The van der Waals surface area contributed by atoms with Crippen LogP contribution in [0.5, 0.6) is 0 Å². The van der Waals surface area contributed by atoms with Crippen molar-refractivity contribution in [1.29, 1.82) is 0 Å². The zero-order chi connectivity index (χ0) is 18.5. The summed E-state index contributed by atoms with van der Waals surface area (Å²) in [5, 5.41) is 6.78. The molecule has 2 aromatic carbocycles. The number of nitrogens with one attached hydrogen (secondary N) is 2. The Morgan fingerprint density at radius 2 is 1.88 bits per heavy atom. The third-order valence-corrected chi connectivity index (χ3v) is 4.64. The molecule has 0 radical (unpaired) electrons. The van der Waals surface area contributed by atoms with Gasteiger partial charge in [-0.15, -0.1) is 0 Å². The SMILES string of the molecule is CN=C(NCCn1c(C)nc2ccccc21)NCc1ccc(C)cc1C. The summed E-state index contributed by atoms with van der Waals surface area (Å²) in [5.74, 6) is 1.85. The Hall–Kier alpha value is -2.82. The van der Waals surface area contributed by atoms with E-state index in [-0.39, 0.29) is 0 Å². The van der Waals surface area contributed by atoms with Crippen molar-refractivity contribution in [2.24, 2.45) is 4.99 Å². The van der Waals surface area contributed by atoms with Crippen LogP contribution in [-0.2, 0) is 13.1 Å². The summed E-state index contributed by atoms with van der Waals surface area (Å²) in [6.45, 7) is 8.70. The molecule has 1 heterocycles. The van der Waals surface area contributed by atoms with Crippen LogP contribution in [0, 0.1) is 20.8 Å². The second kappa shape index (κ2) is 8.04. The number of benzene rings is 2. The highest BCUT2D eigenvalue weighted by molar-refractivity contribution is 5.79.